The van der Waals surface area contributed by atoms with Crippen LogP contribution >= 0.6 is 11.8 Å². The summed E-state index contributed by atoms with van der Waals surface area (Å²) in [6, 6.07) is 10.6. The van der Waals surface area contributed by atoms with Gasteiger partial charge in [0.05, 0.1) is 6.61 Å². The molecule has 0 bridgehead atoms. The number of esters is 1. The van der Waals surface area contributed by atoms with Crippen LogP contribution in [0, 0.1) is 0 Å². The van der Waals surface area contributed by atoms with Crippen molar-refractivity contribution >= 4 is 22.8 Å². The molecule has 2 aliphatic heterocycles. The summed E-state index contributed by atoms with van der Waals surface area (Å²) in [5, 5.41) is 1.38. The molecule has 0 N–H and O–H groups in total. The van der Waals surface area contributed by atoms with Gasteiger partial charge in [-0.25, -0.2) is 4.58 Å². The molecule has 2 aliphatic rings. The first-order valence-electron chi connectivity index (χ1n) is 7.31. The normalized spacial score (nSPS) is 23.0. The lowest BCUT2D eigenvalue weighted by molar-refractivity contribution is -0.546. The van der Waals surface area contributed by atoms with Gasteiger partial charge in [-0.1, -0.05) is 30.3 Å². The van der Waals surface area contributed by atoms with Crippen molar-refractivity contribution in [2.75, 3.05) is 13.2 Å². The molecule has 0 aliphatic carbocycles. The standard InChI is InChI=1S/C16H20NO2S/c18-16-14(9-11-19-16)20-15-8-4-5-10-17(15)12-13-6-2-1-3-7-13/h1-3,6-7,14H,4-5,8-12H2/q+1. The molecule has 0 saturated carbocycles. The van der Waals surface area contributed by atoms with Gasteiger partial charge in [0.15, 0.2) is 6.54 Å². The minimum Gasteiger partial charge on any atom is -0.465 e. The molecule has 106 valence electrons. The van der Waals surface area contributed by atoms with Gasteiger partial charge in [0.2, 0.25) is 5.04 Å². The van der Waals surface area contributed by atoms with Crippen molar-refractivity contribution in [3.05, 3.63) is 35.9 Å². The number of cyclic esters (lactones) is 1. The van der Waals surface area contributed by atoms with Gasteiger partial charge < -0.3 is 4.74 Å². The second kappa shape index (κ2) is 6.44. The molecule has 1 saturated heterocycles. The van der Waals surface area contributed by atoms with Crippen molar-refractivity contribution in [1.82, 2.24) is 0 Å². The molecule has 20 heavy (non-hydrogen) atoms. The van der Waals surface area contributed by atoms with E-state index in [0.29, 0.717) is 6.61 Å². The van der Waals surface area contributed by atoms with Crippen LogP contribution < -0.4 is 0 Å². The van der Waals surface area contributed by atoms with E-state index in [2.05, 4.69) is 28.8 Å². The van der Waals surface area contributed by atoms with Gasteiger partial charge in [0.25, 0.3) is 0 Å². The summed E-state index contributed by atoms with van der Waals surface area (Å²) in [7, 11) is 0. The Kier molecular flexibility index (Phi) is 4.41. The minimum atomic E-state index is -0.0345. The SMILES string of the molecule is O=C1OCCC1SC1=[N+](Cc2ccccc2)CCCC1. The third-order valence-electron chi connectivity index (χ3n) is 3.80. The fourth-order valence-electron chi connectivity index (χ4n) is 2.71. The molecule has 2 heterocycles. The number of benzene rings is 1. The zero-order valence-electron chi connectivity index (χ0n) is 11.6. The Bertz CT molecular complexity index is 512. The molecule has 3 nitrogen and oxygen atoms in total. The largest absolute Gasteiger partial charge is 0.465 e. The van der Waals surface area contributed by atoms with Gasteiger partial charge >= 0.3 is 5.97 Å². The van der Waals surface area contributed by atoms with E-state index in [1.54, 1.807) is 11.8 Å². The number of hydrogen-bond donors (Lipinski definition) is 0. The molecule has 1 aromatic rings. The van der Waals surface area contributed by atoms with Gasteiger partial charge in [-0.05, 0) is 18.2 Å². The monoisotopic (exact) mass is 290 g/mol. The molecular weight excluding hydrogens is 270 g/mol. The van der Waals surface area contributed by atoms with Crippen LogP contribution in [0.1, 0.15) is 31.2 Å². The number of nitrogens with zero attached hydrogens (tertiary/aromatic N) is 1. The van der Waals surface area contributed by atoms with E-state index in [-0.39, 0.29) is 11.2 Å². The van der Waals surface area contributed by atoms with Gasteiger partial charge in [0, 0.05) is 24.8 Å². The van der Waals surface area contributed by atoms with E-state index in [1.807, 2.05) is 6.07 Å². The Balaban J connectivity index is 1.75. The van der Waals surface area contributed by atoms with Crippen LogP contribution in [0.2, 0.25) is 0 Å². The number of thioether (sulfide) groups is 1. The summed E-state index contributed by atoms with van der Waals surface area (Å²) in [6.45, 7) is 2.63. The van der Waals surface area contributed by atoms with Crippen molar-refractivity contribution in [1.29, 1.82) is 0 Å². The van der Waals surface area contributed by atoms with Gasteiger partial charge in [-0.2, -0.15) is 0 Å². The summed E-state index contributed by atoms with van der Waals surface area (Å²) in [5.74, 6) is -0.0345. The lowest BCUT2D eigenvalue weighted by atomic mass is 10.1. The highest BCUT2D eigenvalue weighted by Gasteiger charge is 2.32. The van der Waals surface area contributed by atoms with Crippen molar-refractivity contribution in [3.63, 3.8) is 0 Å². The molecule has 0 amide bonds. The summed E-state index contributed by atoms with van der Waals surface area (Å²) < 4.78 is 7.51. The van der Waals surface area contributed by atoms with Crippen LogP contribution in [-0.2, 0) is 16.1 Å². The molecular formula is C16H20NO2S+. The van der Waals surface area contributed by atoms with E-state index in [1.165, 1.54) is 23.4 Å². The molecule has 0 aromatic heterocycles. The first kappa shape index (κ1) is 13.7. The quantitative estimate of drug-likeness (QED) is 0.633. The Labute approximate surface area is 124 Å². The van der Waals surface area contributed by atoms with E-state index in [4.69, 9.17) is 4.74 Å². The first-order valence-corrected chi connectivity index (χ1v) is 8.19. The molecule has 1 aromatic carbocycles. The molecule has 3 rings (SSSR count). The number of hydrogen-bond acceptors (Lipinski definition) is 3. The zero-order valence-corrected chi connectivity index (χ0v) is 12.4. The fourth-order valence-corrected chi connectivity index (χ4v) is 3.99. The second-order valence-electron chi connectivity index (χ2n) is 5.32. The summed E-state index contributed by atoms with van der Waals surface area (Å²) in [6.07, 6.45) is 4.43. The second-order valence-corrected chi connectivity index (χ2v) is 6.60. The summed E-state index contributed by atoms with van der Waals surface area (Å²) in [5.41, 5.74) is 1.33. The molecule has 4 heteroatoms. The molecule has 0 spiro atoms. The average molecular weight is 290 g/mol. The van der Waals surface area contributed by atoms with Crippen molar-refractivity contribution in [2.24, 2.45) is 0 Å². The van der Waals surface area contributed by atoms with E-state index in [0.717, 1.165) is 25.9 Å². The van der Waals surface area contributed by atoms with Crippen LogP contribution in [0.25, 0.3) is 0 Å². The fraction of sp³-hybridized carbons (Fsp3) is 0.500. The minimum absolute atomic E-state index is 0.0152. The van der Waals surface area contributed by atoms with Crippen LogP contribution in [0.3, 0.4) is 0 Å². The van der Waals surface area contributed by atoms with E-state index in [9.17, 15) is 4.79 Å². The zero-order chi connectivity index (χ0) is 13.8. The number of rotatable bonds is 3. The van der Waals surface area contributed by atoms with Crippen LogP contribution in [-0.4, -0.2) is 34.0 Å². The predicted octanol–water partition coefficient (Wildman–Crippen LogP) is 2.83. The molecule has 1 fully saturated rings. The third-order valence-corrected chi connectivity index (χ3v) is 5.25. The number of carbonyl (C=O) groups is 1. The maximum absolute atomic E-state index is 11.6. The summed E-state index contributed by atoms with van der Waals surface area (Å²) >= 11 is 1.73. The predicted molar refractivity (Wildman–Crippen MR) is 81.1 cm³/mol. The first-order chi connectivity index (χ1) is 9.83. The van der Waals surface area contributed by atoms with Gasteiger partial charge in [-0.3, -0.25) is 4.79 Å². The maximum Gasteiger partial charge on any atom is 0.319 e. The lowest BCUT2D eigenvalue weighted by Crippen LogP contribution is -2.27. The number of ether oxygens (including phenoxy) is 1. The third kappa shape index (κ3) is 3.23. The number of carbonyl (C=O) groups excluding carboxylic acids is 1. The highest BCUT2D eigenvalue weighted by molar-refractivity contribution is 8.14. The van der Waals surface area contributed by atoms with E-state index < -0.39 is 0 Å². The average Bonchev–Trinajstić information content (AvgIpc) is 2.88. The van der Waals surface area contributed by atoms with Crippen molar-refractivity contribution in [2.45, 2.75) is 37.5 Å². The Morgan fingerprint density at radius 1 is 1.25 bits per heavy atom. The highest BCUT2D eigenvalue weighted by atomic mass is 32.2. The topological polar surface area (TPSA) is 29.3 Å². The maximum atomic E-state index is 11.6. The van der Waals surface area contributed by atoms with Crippen molar-refractivity contribution < 1.29 is 14.1 Å². The van der Waals surface area contributed by atoms with E-state index >= 15 is 0 Å². The molecule has 1 atom stereocenters. The summed E-state index contributed by atoms with van der Waals surface area (Å²) in [4.78, 5) is 11.6. The van der Waals surface area contributed by atoms with Crippen LogP contribution in [0.5, 0.6) is 0 Å². The van der Waals surface area contributed by atoms with Crippen LogP contribution in [0.15, 0.2) is 30.3 Å². The lowest BCUT2D eigenvalue weighted by Gasteiger charge is -2.16. The van der Waals surface area contributed by atoms with Crippen LogP contribution in [0.4, 0.5) is 0 Å². The van der Waals surface area contributed by atoms with Gasteiger partial charge in [-0.15, -0.1) is 0 Å². The smallest absolute Gasteiger partial charge is 0.319 e. The highest BCUT2D eigenvalue weighted by Crippen LogP contribution is 2.27. The molecule has 0 radical (unpaired) electrons. The Morgan fingerprint density at radius 3 is 2.85 bits per heavy atom. The Hall–Kier alpha value is -1.29. The van der Waals surface area contributed by atoms with Crippen molar-refractivity contribution in [3.8, 4) is 0 Å². The molecule has 1 unspecified atom stereocenters. The Morgan fingerprint density at radius 2 is 2.10 bits per heavy atom. The van der Waals surface area contributed by atoms with Gasteiger partial charge in [0.1, 0.15) is 11.8 Å².